The fourth-order valence-corrected chi connectivity index (χ4v) is 2.40. The van der Waals surface area contributed by atoms with Crippen LogP contribution in [0.1, 0.15) is 42.1 Å². The minimum Gasteiger partial charge on any atom is -0.395 e. The molecule has 0 aliphatic carbocycles. The van der Waals surface area contributed by atoms with Crippen LogP contribution in [0.4, 0.5) is 0 Å². The zero-order chi connectivity index (χ0) is 15.1. The van der Waals surface area contributed by atoms with Gasteiger partial charge < -0.3 is 15.2 Å². The van der Waals surface area contributed by atoms with Crippen molar-refractivity contribution < 1.29 is 14.6 Å². The van der Waals surface area contributed by atoms with Crippen LogP contribution in [0.15, 0.2) is 24.3 Å². The van der Waals surface area contributed by atoms with Gasteiger partial charge in [-0.25, -0.2) is 0 Å². The summed E-state index contributed by atoms with van der Waals surface area (Å²) in [4.78, 5) is 12.4. The molecule has 1 aliphatic rings. The number of carbonyl (C=O) groups is 1. The number of nitrogens with one attached hydrogen (secondary N) is 1. The summed E-state index contributed by atoms with van der Waals surface area (Å²) in [6, 6.07) is 7.45. The lowest BCUT2D eigenvalue weighted by Crippen LogP contribution is -2.41. The number of aliphatic hydroxyl groups is 1. The summed E-state index contributed by atoms with van der Waals surface area (Å²) >= 11 is 0. The summed E-state index contributed by atoms with van der Waals surface area (Å²) in [7, 11) is 0. The molecule has 1 saturated heterocycles. The third-order valence-corrected chi connectivity index (χ3v) is 3.45. The molecule has 0 spiro atoms. The molecule has 1 aromatic carbocycles. The summed E-state index contributed by atoms with van der Waals surface area (Å²) in [5.41, 5.74) is 1.28. The fraction of sp³-hybridized carbons (Fsp3) is 0.471. The minimum atomic E-state index is -0.0944. The molecular weight excluding hydrogens is 266 g/mol. The second-order valence-corrected chi connectivity index (χ2v) is 5.20. The molecule has 4 nitrogen and oxygen atoms in total. The molecule has 2 rings (SSSR count). The van der Waals surface area contributed by atoms with Gasteiger partial charge in [0, 0.05) is 24.6 Å². The van der Waals surface area contributed by atoms with E-state index in [1.807, 2.05) is 25.1 Å². The monoisotopic (exact) mass is 287 g/mol. The van der Waals surface area contributed by atoms with Crippen molar-refractivity contribution in [3.8, 4) is 11.8 Å². The number of hydrogen-bond acceptors (Lipinski definition) is 3. The van der Waals surface area contributed by atoms with Crippen molar-refractivity contribution in [2.75, 3.05) is 13.2 Å². The molecule has 0 aromatic heterocycles. The molecule has 1 heterocycles. The van der Waals surface area contributed by atoms with Crippen LogP contribution in [0.2, 0.25) is 0 Å². The zero-order valence-corrected chi connectivity index (χ0v) is 12.3. The highest BCUT2D eigenvalue weighted by atomic mass is 16.5. The molecule has 1 aromatic rings. The van der Waals surface area contributed by atoms with Crippen molar-refractivity contribution in [2.45, 2.75) is 38.3 Å². The summed E-state index contributed by atoms with van der Waals surface area (Å²) in [5.74, 6) is 5.71. The van der Waals surface area contributed by atoms with E-state index in [1.54, 1.807) is 6.07 Å². The quantitative estimate of drug-likeness (QED) is 0.832. The van der Waals surface area contributed by atoms with Gasteiger partial charge in [0.2, 0.25) is 0 Å². The number of rotatable bonds is 3. The third-order valence-electron chi connectivity index (χ3n) is 3.45. The van der Waals surface area contributed by atoms with Gasteiger partial charge in [-0.05, 0) is 31.9 Å². The predicted molar refractivity (Wildman–Crippen MR) is 80.9 cm³/mol. The van der Waals surface area contributed by atoms with Crippen LogP contribution in [-0.2, 0) is 4.74 Å². The number of benzene rings is 1. The maximum Gasteiger partial charge on any atom is 0.252 e. The summed E-state index contributed by atoms with van der Waals surface area (Å²) in [5, 5.41) is 11.8. The highest BCUT2D eigenvalue weighted by Crippen LogP contribution is 2.15. The average molecular weight is 287 g/mol. The number of carbonyl (C=O) groups excluding carboxylic acids is 1. The Kier molecular flexibility index (Phi) is 5.79. The lowest BCUT2D eigenvalue weighted by Gasteiger charge is -2.28. The molecule has 0 bridgehead atoms. The van der Waals surface area contributed by atoms with Crippen molar-refractivity contribution in [2.24, 2.45) is 0 Å². The van der Waals surface area contributed by atoms with E-state index in [2.05, 4.69) is 17.2 Å². The molecule has 2 unspecified atom stereocenters. The normalized spacial score (nSPS) is 21.2. The van der Waals surface area contributed by atoms with Gasteiger partial charge in [-0.15, -0.1) is 0 Å². The molecule has 2 N–H and O–H groups in total. The van der Waals surface area contributed by atoms with E-state index in [9.17, 15) is 4.79 Å². The highest BCUT2D eigenvalue weighted by molar-refractivity contribution is 5.96. The van der Waals surface area contributed by atoms with E-state index in [-0.39, 0.29) is 24.7 Å². The number of hydrogen-bond donors (Lipinski definition) is 2. The van der Waals surface area contributed by atoms with Gasteiger partial charge in [-0.2, -0.15) is 0 Å². The summed E-state index contributed by atoms with van der Waals surface area (Å²) < 4.78 is 5.49. The van der Waals surface area contributed by atoms with Crippen LogP contribution >= 0.6 is 0 Å². The van der Waals surface area contributed by atoms with Crippen molar-refractivity contribution in [1.29, 1.82) is 0 Å². The maximum atomic E-state index is 12.4. The number of ether oxygens (including phenoxy) is 1. The van der Waals surface area contributed by atoms with Crippen molar-refractivity contribution in [3.05, 3.63) is 35.4 Å². The minimum absolute atomic E-state index is 0.0291. The Hall–Kier alpha value is -1.83. The van der Waals surface area contributed by atoms with Gasteiger partial charge >= 0.3 is 0 Å². The molecule has 0 saturated carbocycles. The van der Waals surface area contributed by atoms with Crippen LogP contribution in [-0.4, -0.2) is 36.4 Å². The first-order valence-electron chi connectivity index (χ1n) is 7.32. The SMILES string of the molecule is CC1CC(NC(=O)c2ccccc2C#CCCO)CCO1. The Bertz CT molecular complexity index is 544. The Morgan fingerprint density at radius 1 is 1.48 bits per heavy atom. The van der Waals surface area contributed by atoms with E-state index < -0.39 is 0 Å². The molecule has 1 aliphatic heterocycles. The molecular formula is C17H21NO3. The van der Waals surface area contributed by atoms with Crippen LogP contribution in [0.3, 0.4) is 0 Å². The Balaban J connectivity index is 2.07. The van der Waals surface area contributed by atoms with Crippen molar-refractivity contribution in [1.82, 2.24) is 5.32 Å². The second kappa shape index (κ2) is 7.82. The van der Waals surface area contributed by atoms with E-state index in [1.165, 1.54) is 0 Å². The first kappa shape index (κ1) is 15.6. The lowest BCUT2D eigenvalue weighted by atomic mass is 10.0. The Morgan fingerprint density at radius 3 is 3.05 bits per heavy atom. The Morgan fingerprint density at radius 2 is 2.29 bits per heavy atom. The zero-order valence-electron chi connectivity index (χ0n) is 12.3. The number of amides is 1. The van der Waals surface area contributed by atoms with Gasteiger partial charge in [0.25, 0.3) is 5.91 Å². The van der Waals surface area contributed by atoms with Gasteiger partial charge in [0.15, 0.2) is 0 Å². The van der Waals surface area contributed by atoms with Gasteiger partial charge in [-0.1, -0.05) is 24.0 Å². The van der Waals surface area contributed by atoms with Crippen LogP contribution in [0.25, 0.3) is 0 Å². The van der Waals surface area contributed by atoms with E-state index in [0.717, 1.165) is 12.8 Å². The topological polar surface area (TPSA) is 58.6 Å². The van der Waals surface area contributed by atoms with Gasteiger partial charge in [0.1, 0.15) is 0 Å². The molecule has 0 radical (unpaired) electrons. The smallest absolute Gasteiger partial charge is 0.252 e. The lowest BCUT2D eigenvalue weighted by molar-refractivity contribution is 0.0136. The molecule has 2 atom stereocenters. The first-order chi connectivity index (χ1) is 10.2. The summed E-state index contributed by atoms with van der Waals surface area (Å²) in [6.45, 7) is 2.73. The van der Waals surface area contributed by atoms with E-state index in [0.29, 0.717) is 24.2 Å². The molecule has 21 heavy (non-hydrogen) atoms. The van der Waals surface area contributed by atoms with Crippen molar-refractivity contribution in [3.63, 3.8) is 0 Å². The second-order valence-electron chi connectivity index (χ2n) is 5.20. The standard InChI is InChI=1S/C17H21NO3/c1-13-12-15(9-11-21-13)18-17(20)16-8-3-2-6-14(16)7-4-5-10-19/h2-3,6,8,13,15,19H,5,9-12H2,1H3,(H,18,20). The van der Waals surface area contributed by atoms with Crippen LogP contribution in [0.5, 0.6) is 0 Å². The highest BCUT2D eigenvalue weighted by Gasteiger charge is 2.22. The predicted octanol–water partition coefficient (Wildman–Crippen LogP) is 1.72. The molecule has 1 amide bonds. The summed E-state index contributed by atoms with van der Waals surface area (Å²) in [6.07, 6.45) is 2.27. The van der Waals surface area contributed by atoms with Gasteiger partial charge in [-0.3, -0.25) is 4.79 Å². The molecule has 4 heteroatoms. The average Bonchev–Trinajstić information content (AvgIpc) is 2.48. The maximum absolute atomic E-state index is 12.4. The van der Waals surface area contributed by atoms with E-state index >= 15 is 0 Å². The van der Waals surface area contributed by atoms with Crippen LogP contribution < -0.4 is 5.32 Å². The molecule has 1 fully saturated rings. The van der Waals surface area contributed by atoms with Crippen LogP contribution in [0, 0.1) is 11.8 Å². The Labute approximate surface area is 125 Å². The number of aliphatic hydroxyl groups excluding tert-OH is 1. The largest absolute Gasteiger partial charge is 0.395 e. The van der Waals surface area contributed by atoms with Gasteiger partial charge in [0.05, 0.1) is 18.3 Å². The van der Waals surface area contributed by atoms with E-state index in [4.69, 9.17) is 9.84 Å². The fourth-order valence-electron chi connectivity index (χ4n) is 2.40. The third kappa shape index (κ3) is 4.59. The molecule has 112 valence electrons. The van der Waals surface area contributed by atoms with Crippen molar-refractivity contribution >= 4 is 5.91 Å². The first-order valence-corrected chi connectivity index (χ1v) is 7.32.